The van der Waals surface area contributed by atoms with Gasteiger partial charge in [0.1, 0.15) is 17.0 Å². The largest absolute Gasteiger partial charge is 0.497 e. The Hall–Kier alpha value is -2.75. The number of rotatable bonds is 6. The molecule has 0 atom stereocenters. The number of carbonyl (C=O) groups excluding carboxylic acids is 2. The number of hydrogen-bond donors (Lipinski definition) is 0. The summed E-state index contributed by atoms with van der Waals surface area (Å²) in [6.07, 6.45) is 4.18. The molecule has 1 aliphatic rings. The monoisotopic (exact) mass is 360 g/mol. The summed E-state index contributed by atoms with van der Waals surface area (Å²) in [5, 5.41) is 9.55. The molecule has 0 bridgehead atoms. The average Bonchev–Trinajstić information content (AvgIpc) is 2.70. The van der Waals surface area contributed by atoms with Crippen LogP contribution in [0.5, 0.6) is 11.5 Å². The van der Waals surface area contributed by atoms with Crippen molar-refractivity contribution < 1.29 is 23.8 Å². The van der Waals surface area contributed by atoms with E-state index in [0.717, 1.165) is 19.3 Å². The highest BCUT2D eigenvalue weighted by Gasteiger charge is 2.39. The summed E-state index contributed by atoms with van der Waals surface area (Å²) in [6, 6.07) is 6.94. The second-order valence-corrected chi connectivity index (χ2v) is 6.33. The van der Waals surface area contributed by atoms with Crippen molar-refractivity contribution in [1.29, 1.82) is 5.26 Å². The molecule has 0 aliphatic heterocycles. The van der Waals surface area contributed by atoms with Crippen LogP contribution in [0.25, 0.3) is 0 Å². The highest BCUT2D eigenvalue weighted by Crippen LogP contribution is 2.32. The molecule has 0 spiro atoms. The maximum atomic E-state index is 12.4. The topological polar surface area (TPSA) is 88.9 Å². The predicted molar refractivity (Wildman–Crippen MR) is 94.0 cm³/mol. The first-order valence-corrected chi connectivity index (χ1v) is 8.54. The molecule has 7 nitrogen and oxygen atoms in total. The Morgan fingerprint density at radius 2 is 1.69 bits per heavy atom. The Balaban J connectivity index is 2.02. The number of nitrogens with zero attached hydrogens (tertiary/aromatic N) is 2. The third kappa shape index (κ3) is 4.26. The van der Waals surface area contributed by atoms with E-state index >= 15 is 0 Å². The van der Waals surface area contributed by atoms with Gasteiger partial charge in [-0.2, -0.15) is 5.26 Å². The zero-order chi connectivity index (χ0) is 19.2. The molecule has 140 valence electrons. The number of amides is 1. The maximum Gasteiger partial charge on any atom is 0.338 e. The Morgan fingerprint density at radius 3 is 2.19 bits per heavy atom. The van der Waals surface area contributed by atoms with E-state index in [-0.39, 0.29) is 5.56 Å². The Bertz CT molecular complexity index is 682. The molecule has 0 aromatic heterocycles. The Labute approximate surface area is 153 Å². The van der Waals surface area contributed by atoms with Gasteiger partial charge < -0.3 is 19.1 Å². The molecule has 2 rings (SSSR count). The molecule has 26 heavy (non-hydrogen) atoms. The lowest BCUT2D eigenvalue weighted by atomic mass is 9.81. The van der Waals surface area contributed by atoms with Crippen LogP contribution in [0.2, 0.25) is 0 Å². The van der Waals surface area contributed by atoms with E-state index in [0.29, 0.717) is 24.3 Å². The van der Waals surface area contributed by atoms with Gasteiger partial charge in [-0.15, -0.1) is 0 Å². The van der Waals surface area contributed by atoms with Crippen LogP contribution < -0.4 is 9.47 Å². The van der Waals surface area contributed by atoms with Crippen LogP contribution in [0, 0.1) is 11.3 Å². The van der Waals surface area contributed by atoms with Crippen molar-refractivity contribution in [3.63, 3.8) is 0 Å². The van der Waals surface area contributed by atoms with Gasteiger partial charge in [0.2, 0.25) is 0 Å². The number of nitriles is 1. The highest BCUT2D eigenvalue weighted by atomic mass is 16.5. The van der Waals surface area contributed by atoms with Gasteiger partial charge in [-0.25, -0.2) is 4.79 Å². The van der Waals surface area contributed by atoms with Crippen LogP contribution in [-0.4, -0.2) is 50.2 Å². The molecule has 7 heteroatoms. The molecule has 0 saturated heterocycles. The number of benzene rings is 1. The maximum absolute atomic E-state index is 12.4. The molecular weight excluding hydrogens is 336 g/mol. The van der Waals surface area contributed by atoms with Gasteiger partial charge in [0.15, 0.2) is 6.61 Å². The van der Waals surface area contributed by atoms with Gasteiger partial charge in [0.05, 0.1) is 25.9 Å². The van der Waals surface area contributed by atoms with Gasteiger partial charge >= 0.3 is 5.97 Å². The summed E-state index contributed by atoms with van der Waals surface area (Å²) < 4.78 is 15.4. The van der Waals surface area contributed by atoms with E-state index in [1.54, 1.807) is 13.1 Å². The average molecular weight is 360 g/mol. The molecular formula is C19H24N2O5. The zero-order valence-corrected chi connectivity index (χ0v) is 15.4. The fourth-order valence-electron chi connectivity index (χ4n) is 3.13. The number of hydrogen-bond acceptors (Lipinski definition) is 6. The smallest absolute Gasteiger partial charge is 0.338 e. The molecule has 1 aliphatic carbocycles. The SMILES string of the molecule is COc1cc(OC)cc(C(=O)OCC(=O)N(C)C2(C#N)CCCCC2)c1. The van der Waals surface area contributed by atoms with Gasteiger partial charge in [0.25, 0.3) is 5.91 Å². The summed E-state index contributed by atoms with van der Waals surface area (Å²) >= 11 is 0. The van der Waals surface area contributed by atoms with Gasteiger partial charge in [-0.05, 0) is 25.0 Å². The molecule has 1 amide bonds. The number of carbonyl (C=O) groups is 2. The quantitative estimate of drug-likeness (QED) is 0.724. The molecule has 1 fully saturated rings. The summed E-state index contributed by atoms with van der Waals surface area (Å²) in [5.74, 6) is -0.147. The van der Waals surface area contributed by atoms with Gasteiger partial charge in [0, 0.05) is 13.1 Å². The van der Waals surface area contributed by atoms with Crippen LogP contribution in [0.3, 0.4) is 0 Å². The minimum absolute atomic E-state index is 0.226. The second-order valence-electron chi connectivity index (χ2n) is 6.33. The fraction of sp³-hybridized carbons (Fsp3) is 0.526. The molecule has 1 saturated carbocycles. The number of esters is 1. The van der Waals surface area contributed by atoms with Crippen molar-refractivity contribution in [1.82, 2.24) is 4.90 Å². The van der Waals surface area contributed by atoms with Crippen LogP contribution >= 0.6 is 0 Å². The summed E-state index contributed by atoms with van der Waals surface area (Å²) in [6.45, 7) is -0.418. The second kappa shape index (κ2) is 8.56. The fourth-order valence-corrected chi connectivity index (χ4v) is 3.13. The first-order chi connectivity index (χ1) is 12.5. The minimum atomic E-state index is -0.805. The third-order valence-corrected chi connectivity index (χ3v) is 4.82. The first kappa shape index (κ1) is 19.6. The van der Waals surface area contributed by atoms with Crippen molar-refractivity contribution in [2.24, 2.45) is 0 Å². The van der Waals surface area contributed by atoms with E-state index in [1.165, 1.54) is 31.3 Å². The summed E-state index contributed by atoms with van der Waals surface area (Å²) in [5.41, 5.74) is -0.578. The lowest BCUT2D eigenvalue weighted by Gasteiger charge is -2.38. The van der Waals surface area contributed by atoms with E-state index in [9.17, 15) is 14.9 Å². The summed E-state index contributed by atoms with van der Waals surface area (Å²) in [7, 11) is 4.56. The summed E-state index contributed by atoms with van der Waals surface area (Å²) in [4.78, 5) is 26.1. The third-order valence-electron chi connectivity index (χ3n) is 4.82. The van der Waals surface area contributed by atoms with E-state index in [1.807, 2.05) is 0 Å². The molecule has 1 aromatic carbocycles. The molecule has 0 heterocycles. The van der Waals surface area contributed by atoms with Crippen LogP contribution in [-0.2, 0) is 9.53 Å². The molecule has 0 radical (unpaired) electrons. The van der Waals surface area contributed by atoms with Gasteiger partial charge in [-0.1, -0.05) is 19.3 Å². The van der Waals surface area contributed by atoms with Crippen molar-refractivity contribution in [3.8, 4) is 17.6 Å². The van der Waals surface area contributed by atoms with Crippen molar-refractivity contribution >= 4 is 11.9 Å². The van der Waals surface area contributed by atoms with Crippen LogP contribution in [0.4, 0.5) is 0 Å². The Morgan fingerprint density at radius 1 is 1.12 bits per heavy atom. The highest BCUT2D eigenvalue weighted by molar-refractivity contribution is 5.92. The van der Waals surface area contributed by atoms with E-state index in [4.69, 9.17) is 14.2 Å². The predicted octanol–water partition coefficient (Wildman–Crippen LogP) is 2.55. The first-order valence-electron chi connectivity index (χ1n) is 8.54. The molecule has 1 aromatic rings. The lowest BCUT2D eigenvalue weighted by molar-refractivity contribution is -0.138. The molecule has 0 unspecified atom stereocenters. The number of likely N-dealkylation sites (N-methyl/N-ethyl adjacent to an activating group) is 1. The Kier molecular flexibility index (Phi) is 6.45. The van der Waals surface area contributed by atoms with Crippen molar-refractivity contribution in [3.05, 3.63) is 23.8 Å². The number of methoxy groups -OCH3 is 2. The molecule has 0 N–H and O–H groups in total. The number of ether oxygens (including phenoxy) is 3. The van der Waals surface area contributed by atoms with Crippen molar-refractivity contribution in [2.75, 3.05) is 27.9 Å². The lowest BCUT2D eigenvalue weighted by Crippen LogP contribution is -2.51. The van der Waals surface area contributed by atoms with E-state index < -0.39 is 24.0 Å². The van der Waals surface area contributed by atoms with Crippen LogP contribution in [0.1, 0.15) is 42.5 Å². The normalized spacial score (nSPS) is 15.5. The van der Waals surface area contributed by atoms with Gasteiger partial charge in [-0.3, -0.25) is 4.79 Å². The zero-order valence-electron chi connectivity index (χ0n) is 15.4. The minimum Gasteiger partial charge on any atom is -0.497 e. The van der Waals surface area contributed by atoms with Crippen molar-refractivity contribution in [2.45, 2.75) is 37.6 Å². The van der Waals surface area contributed by atoms with E-state index in [2.05, 4.69) is 6.07 Å². The van der Waals surface area contributed by atoms with Crippen LogP contribution in [0.15, 0.2) is 18.2 Å². The standard InChI is InChI=1S/C19H24N2O5/c1-21(19(13-20)7-5-4-6-8-19)17(22)12-26-18(23)14-9-15(24-2)11-16(10-14)25-3/h9-11H,4-8,12H2,1-3H3.